The molecule has 172 valence electrons. The Morgan fingerprint density at radius 2 is 2.09 bits per heavy atom. The van der Waals surface area contributed by atoms with Gasteiger partial charge in [0.2, 0.25) is 10.0 Å². The Hall–Kier alpha value is -3.44. The summed E-state index contributed by atoms with van der Waals surface area (Å²) in [6.07, 6.45) is 0. The molecule has 5 rings (SSSR count). The molecule has 9 nitrogen and oxygen atoms in total. The van der Waals surface area contributed by atoms with E-state index in [1.807, 2.05) is 6.07 Å². The number of aromatic nitrogens is 2. The molecule has 11 heteroatoms. The fourth-order valence-corrected chi connectivity index (χ4v) is 5.50. The number of carbonyl (C=O) groups is 1. The summed E-state index contributed by atoms with van der Waals surface area (Å²) in [6, 6.07) is 10.2. The number of aromatic amines is 1. The Morgan fingerprint density at radius 1 is 1.24 bits per heavy atom. The first-order valence-electron chi connectivity index (χ1n) is 10.5. The van der Waals surface area contributed by atoms with Gasteiger partial charge in [0, 0.05) is 24.2 Å². The molecule has 0 saturated heterocycles. The third-order valence-corrected chi connectivity index (χ3v) is 7.64. The Bertz CT molecular complexity index is 1340. The highest BCUT2D eigenvalue weighted by molar-refractivity contribution is 7.89. The van der Waals surface area contributed by atoms with E-state index in [2.05, 4.69) is 27.3 Å². The van der Waals surface area contributed by atoms with E-state index >= 15 is 0 Å². The first-order valence-corrected chi connectivity index (χ1v) is 12.0. The number of H-pyrrole nitrogens is 1. The second-order valence-corrected chi connectivity index (χ2v) is 9.76. The van der Waals surface area contributed by atoms with E-state index in [1.165, 1.54) is 22.5 Å². The van der Waals surface area contributed by atoms with Gasteiger partial charge in [0.25, 0.3) is 5.91 Å². The van der Waals surface area contributed by atoms with Gasteiger partial charge in [0.15, 0.2) is 5.82 Å². The highest BCUT2D eigenvalue weighted by Crippen LogP contribution is 2.34. The lowest BCUT2D eigenvalue weighted by molar-refractivity contribution is 0.102. The molecule has 0 aliphatic carbocycles. The maximum Gasteiger partial charge on any atom is 0.257 e. The van der Waals surface area contributed by atoms with Gasteiger partial charge in [0.1, 0.15) is 18.2 Å². The third-order valence-electron chi connectivity index (χ3n) is 5.85. The van der Waals surface area contributed by atoms with Crippen molar-refractivity contribution in [2.24, 2.45) is 0 Å². The van der Waals surface area contributed by atoms with Gasteiger partial charge in [-0.15, -0.1) is 0 Å². The Kier molecular flexibility index (Phi) is 5.29. The van der Waals surface area contributed by atoms with Gasteiger partial charge in [0.05, 0.1) is 29.4 Å². The number of carbonyl (C=O) groups excluding carboxylic acids is 1. The smallest absolute Gasteiger partial charge is 0.257 e. The molecule has 0 fully saturated rings. The number of sulfonamides is 1. The number of benzene rings is 2. The Labute approximate surface area is 190 Å². The van der Waals surface area contributed by atoms with Gasteiger partial charge in [-0.25, -0.2) is 12.8 Å². The quantitative estimate of drug-likeness (QED) is 0.593. The van der Waals surface area contributed by atoms with Crippen molar-refractivity contribution in [1.29, 1.82) is 0 Å². The molecule has 2 aliphatic heterocycles. The molecule has 0 saturated carbocycles. The number of hydrogen-bond donors (Lipinski definition) is 2. The fraction of sp³-hybridized carbons (Fsp3) is 0.273. The van der Waals surface area contributed by atoms with E-state index in [0.29, 0.717) is 29.2 Å². The summed E-state index contributed by atoms with van der Waals surface area (Å²) in [4.78, 5) is 14.9. The molecule has 3 aromatic rings. The van der Waals surface area contributed by atoms with E-state index in [9.17, 15) is 17.6 Å². The van der Waals surface area contributed by atoms with Crippen LogP contribution in [-0.4, -0.2) is 48.5 Å². The first-order chi connectivity index (χ1) is 15.9. The van der Waals surface area contributed by atoms with Gasteiger partial charge in [-0.1, -0.05) is 6.07 Å². The van der Waals surface area contributed by atoms with Crippen molar-refractivity contribution in [1.82, 2.24) is 14.5 Å². The van der Waals surface area contributed by atoms with E-state index in [4.69, 9.17) is 4.74 Å². The average molecular weight is 472 g/mol. The van der Waals surface area contributed by atoms with Gasteiger partial charge in [-0.2, -0.15) is 9.40 Å². The van der Waals surface area contributed by atoms with Crippen LogP contribution in [0.15, 0.2) is 47.4 Å². The summed E-state index contributed by atoms with van der Waals surface area (Å²) >= 11 is 0. The van der Waals surface area contributed by atoms with Crippen molar-refractivity contribution < 1.29 is 22.3 Å². The summed E-state index contributed by atoms with van der Waals surface area (Å²) in [7, 11) is -3.90. The van der Waals surface area contributed by atoms with Crippen LogP contribution in [0.5, 0.6) is 5.75 Å². The normalized spacial score (nSPS) is 15.6. The summed E-state index contributed by atoms with van der Waals surface area (Å²) < 4.78 is 46.3. The molecule has 0 unspecified atom stereocenters. The summed E-state index contributed by atoms with van der Waals surface area (Å²) in [5, 5.41) is 9.70. The van der Waals surface area contributed by atoms with Crippen LogP contribution in [0.3, 0.4) is 0 Å². The molecule has 0 radical (unpaired) electrons. The van der Waals surface area contributed by atoms with Crippen LogP contribution in [0.2, 0.25) is 0 Å². The summed E-state index contributed by atoms with van der Waals surface area (Å²) in [5.74, 6) is -0.0913. The second kappa shape index (κ2) is 8.16. The van der Waals surface area contributed by atoms with Crippen molar-refractivity contribution in [3.63, 3.8) is 0 Å². The topological polar surface area (TPSA) is 108 Å². The average Bonchev–Trinajstić information content (AvgIpc) is 3.40. The third kappa shape index (κ3) is 3.83. The molecular weight excluding hydrogens is 449 g/mol. The molecule has 2 aromatic carbocycles. The SMILES string of the molecule is CCN1CCOc2cc(C(=O)Nc3n[nH]c4c3CN(S(=O)(=O)c3cccc(F)c3)C4)ccc21. The molecule has 33 heavy (non-hydrogen) atoms. The Balaban J connectivity index is 1.34. The van der Waals surface area contributed by atoms with E-state index in [-0.39, 0.29) is 29.7 Å². The van der Waals surface area contributed by atoms with Crippen molar-refractivity contribution in [2.75, 3.05) is 29.9 Å². The number of rotatable bonds is 5. The Morgan fingerprint density at radius 3 is 2.88 bits per heavy atom. The summed E-state index contributed by atoms with van der Waals surface area (Å²) in [5.41, 5.74) is 2.51. The van der Waals surface area contributed by atoms with Crippen LogP contribution in [0.1, 0.15) is 28.5 Å². The first kappa shape index (κ1) is 21.4. The molecule has 0 atom stereocenters. The standard InChI is InChI=1S/C22H22FN5O4S/c1-2-27-8-9-32-20-10-14(6-7-19(20)27)22(29)24-21-17-12-28(13-18(17)25-26-21)33(30,31)16-5-3-4-15(23)11-16/h3-7,10-11H,2,8-9,12-13H2,1H3,(H2,24,25,26,29). The molecular formula is C22H22FN5O4S. The van der Waals surface area contributed by atoms with Crippen LogP contribution >= 0.6 is 0 Å². The van der Waals surface area contributed by atoms with Crippen molar-refractivity contribution in [3.8, 4) is 5.75 Å². The maximum atomic E-state index is 13.5. The van der Waals surface area contributed by atoms with E-state index in [0.717, 1.165) is 24.8 Å². The number of anilines is 2. The zero-order chi connectivity index (χ0) is 23.2. The van der Waals surface area contributed by atoms with Gasteiger partial charge >= 0.3 is 0 Å². The minimum atomic E-state index is -3.90. The van der Waals surface area contributed by atoms with Gasteiger partial charge in [-0.3, -0.25) is 9.89 Å². The minimum Gasteiger partial charge on any atom is -0.490 e. The van der Waals surface area contributed by atoms with E-state index < -0.39 is 15.8 Å². The van der Waals surface area contributed by atoms with Gasteiger partial charge < -0.3 is 15.0 Å². The monoisotopic (exact) mass is 471 g/mol. The lowest BCUT2D eigenvalue weighted by atomic mass is 10.1. The highest BCUT2D eigenvalue weighted by atomic mass is 32.2. The summed E-state index contributed by atoms with van der Waals surface area (Å²) in [6.45, 7) is 4.31. The number of likely N-dealkylation sites (N-methyl/N-ethyl adjacent to an activating group) is 1. The molecule has 2 N–H and O–H groups in total. The predicted octanol–water partition coefficient (Wildman–Crippen LogP) is 2.72. The van der Waals surface area contributed by atoms with Crippen molar-refractivity contribution >= 4 is 27.4 Å². The van der Waals surface area contributed by atoms with Crippen LogP contribution in [0.4, 0.5) is 15.9 Å². The van der Waals surface area contributed by atoms with Crippen molar-refractivity contribution in [3.05, 3.63) is 65.1 Å². The number of ether oxygens (including phenoxy) is 1. The molecule has 2 aliphatic rings. The minimum absolute atomic E-state index is 0.0129. The van der Waals surface area contributed by atoms with Crippen molar-refractivity contribution in [2.45, 2.75) is 24.9 Å². The number of hydrogen-bond acceptors (Lipinski definition) is 6. The highest BCUT2D eigenvalue weighted by Gasteiger charge is 2.34. The fourth-order valence-electron chi connectivity index (χ4n) is 4.09. The van der Waals surface area contributed by atoms with Gasteiger partial charge in [-0.05, 0) is 43.3 Å². The molecule has 1 amide bonds. The van der Waals surface area contributed by atoms with Crippen LogP contribution in [-0.2, 0) is 23.1 Å². The van der Waals surface area contributed by atoms with Crippen LogP contribution < -0.4 is 15.0 Å². The number of fused-ring (bicyclic) bond motifs is 2. The predicted molar refractivity (Wildman–Crippen MR) is 119 cm³/mol. The zero-order valence-corrected chi connectivity index (χ0v) is 18.7. The lowest BCUT2D eigenvalue weighted by Crippen LogP contribution is -2.32. The largest absolute Gasteiger partial charge is 0.490 e. The molecule has 0 bridgehead atoms. The molecule has 3 heterocycles. The molecule has 0 spiro atoms. The number of halogens is 1. The van der Waals surface area contributed by atoms with E-state index in [1.54, 1.807) is 12.1 Å². The number of amides is 1. The lowest BCUT2D eigenvalue weighted by Gasteiger charge is -2.30. The second-order valence-electron chi connectivity index (χ2n) is 7.82. The zero-order valence-electron chi connectivity index (χ0n) is 17.8. The van der Waals surface area contributed by atoms with Crippen LogP contribution in [0.25, 0.3) is 0 Å². The van der Waals surface area contributed by atoms with Crippen LogP contribution in [0, 0.1) is 5.82 Å². The molecule has 1 aromatic heterocycles. The maximum absolute atomic E-state index is 13.5. The number of nitrogens with one attached hydrogen (secondary N) is 2. The number of nitrogens with zero attached hydrogens (tertiary/aromatic N) is 3.